The number of aromatic carboxylic acids is 2. The maximum absolute atomic E-state index is 11.1. The van der Waals surface area contributed by atoms with Crippen LogP contribution in [0.3, 0.4) is 0 Å². The number of aromatic amines is 1. The molecule has 0 bridgehead atoms. The van der Waals surface area contributed by atoms with Gasteiger partial charge >= 0.3 is 17.9 Å². The molecule has 12 nitrogen and oxygen atoms in total. The Bertz CT molecular complexity index is 942. The molecule has 26 heavy (non-hydrogen) atoms. The Kier molecular flexibility index (Phi) is 4.30. The Morgan fingerprint density at radius 2 is 1.46 bits per heavy atom. The zero-order chi connectivity index (χ0) is 18.7. The van der Waals surface area contributed by atoms with Gasteiger partial charge in [0.1, 0.15) is 0 Å². The molecule has 0 saturated heterocycles. The van der Waals surface area contributed by atoms with Crippen LogP contribution in [0.1, 0.15) is 20.7 Å². The largest absolute Gasteiger partial charge is 0.479 e. The number of hydrogen-bond acceptors (Lipinski definition) is 9. The summed E-state index contributed by atoms with van der Waals surface area (Å²) in [5.74, 6) is -2.72. The zero-order valence-corrected chi connectivity index (χ0v) is 12.8. The van der Waals surface area contributed by atoms with Gasteiger partial charge in [0.2, 0.25) is 11.9 Å². The lowest BCUT2D eigenvalue weighted by Gasteiger charge is -2.09. The van der Waals surface area contributed by atoms with E-state index in [1.165, 1.54) is 24.5 Å². The van der Waals surface area contributed by atoms with Crippen LogP contribution in [0.4, 0.5) is 23.3 Å². The molecule has 3 aromatic rings. The summed E-state index contributed by atoms with van der Waals surface area (Å²) in [5.41, 5.74) is 0.176. The summed E-state index contributed by atoms with van der Waals surface area (Å²) in [6.45, 7) is 0. The van der Waals surface area contributed by atoms with Gasteiger partial charge in [-0.05, 0) is 18.2 Å². The second-order valence-electron chi connectivity index (χ2n) is 4.93. The molecule has 2 heterocycles. The molecular formula is C14H11N7O5. The van der Waals surface area contributed by atoms with Crippen LogP contribution in [0.15, 0.2) is 30.6 Å². The van der Waals surface area contributed by atoms with Gasteiger partial charge in [-0.25, -0.2) is 9.59 Å². The highest BCUT2D eigenvalue weighted by molar-refractivity contribution is 5.95. The number of benzene rings is 1. The maximum Gasteiger partial charge on any atom is 0.335 e. The Balaban J connectivity index is 1.92. The molecule has 1 aromatic carbocycles. The number of carboxylic acids is 2. The molecule has 0 unspecified atom stereocenters. The van der Waals surface area contributed by atoms with E-state index in [2.05, 4.69) is 35.8 Å². The Labute approximate surface area is 144 Å². The van der Waals surface area contributed by atoms with Gasteiger partial charge in [0.25, 0.3) is 0 Å². The third kappa shape index (κ3) is 3.81. The van der Waals surface area contributed by atoms with E-state index in [1.54, 1.807) is 0 Å². The quantitative estimate of drug-likeness (QED) is 0.372. The van der Waals surface area contributed by atoms with Gasteiger partial charge in [-0.3, -0.25) is 5.10 Å². The van der Waals surface area contributed by atoms with Crippen molar-refractivity contribution in [2.75, 3.05) is 10.6 Å². The minimum absolute atomic E-state index is 0.00533. The number of H-pyrrole nitrogens is 1. The Hall–Kier alpha value is -4.22. The van der Waals surface area contributed by atoms with Crippen molar-refractivity contribution in [1.29, 1.82) is 0 Å². The van der Waals surface area contributed by atoms with Gasteiger partial charge < -0.3 is 26.0 Å². The molecule has 0 aliphatic heterocycles. The third-order valence-corrected chi connectivity index (χ3v) is 3.06. The van der Waals surface area contributed by atoms with Crippen molar-refractivity contribution >= 4 is 35.2 Å². The van der Waals surface area contributed by atoms with E-state index in [9.17, 15) is 14.7 Å². The van der Waals surface area contributed by atoms with E-state index < -0.39 is 17.9 Å². The second kappa shape index (κ2) is 6.72. The van der Waals surface area contributed by atoms with E-state index in [4.69, 9.17) is 10.2 Å². The lowest BCUT2D eigenvalue weighted by molar-refractivity contribution is 0.0696. The molecule has 0 spiro atoms. The number of hydrogen-bond donors (Lipinski definition) is 6. The Morgan fingerprint density at radius 3 is 1.96 bits per heavy atom. The van der Waals surface area contributed by atoms with E-state index in [-0.39, 0.29) is 28.7 Å². The standard InChI is InChI=1S/C14H11N7O5/c22-10(23)6-1-7(11(24)25)3-8(2-6)17-12-19-13(21-14(26)20-12)18-9-4-15-16-5-9/h1-5H,(H,15,16)(H,22,23)(H,24,25)(H3,17,18,19,20,21,26). The number of anilines is 4. The topological polar surface area (TPSA) is 186 Å². The maximum atomic E-state index is 11.1. The van der Waals surface area contributed by atoms with Crippen LogP contribution < -0.4 is 10.6 Å². The second-order valence-corrected chi connectivity index (χ2v) is 4.93. The van der Waals surface area contributed by atoms with Crippen LogP contribution in [0.25, 0.3) is 0 Å². The van der Waals surface area contributed by atoms with Crippen molar-refractivity contribution in [2.24, 2.45) is 0 Å². The molecule has 0 aliphatic carbocycles. The van der Waals surface area contributed by atoms with Gasteiger partial charge in [0.15, 0.2) is 0 Å². The van der Waals surface area contributed by atoms with Gasteiger partial charge in [-0.2, -0.15) is 20.1 Å². The normalized spacial score (nSPS) is 10.3. The van der Waals surface area contributed by atoms with Crippen LogP contribution in [0.5, 0.6) is 6.01 Å². The smallest absolute Gasteiger partial charge is 0.335 e. The molecule has 6 N–H and O–H groups in total. The fraction of sp³-hybridized carbons (Fsp3) is 0. The highest BCUT2D eigenvalue weighted by atomic mass is 16.4. The molecule has 2 aromatic heterocycles. The minimum atomic E-state index is -1.29. The highest BCUT2D eigenvalue weighted by Gasteiger charge is 2.13. The number of carboxylic acid groups (broad SMARTS) is 2. The number of rotatable bonds is 6. The molecule has 3 rings (SSSR count). The summed E-state index contributed by atoms with van der Waals surface area (Å²) in [4.78, 5) is 33.7. The Morgan fingerprint density at radius 1 is 0.885 bits per heavy atom. The van der Waals surface area contributed by atoms with E-state index in [0.717, 1.165) is 6.07 Å². The molecule has 0 amide bonds. The first-order valence-corrected chi connectivity index (χ1v) is 7.00. The number of nitrogens with one attached hydrogen (secondary N) is 3. The molecule has 0 radical (unpaired) electrons. The number of aromatic nitrogens is 5. The summed E-state index contributed by atoms with van der Waals surface area (Å²) in [6, 6.07) is 2.84. The molecule has 0 fully saturated rings. The monoisotopic (exact) mass is 357 g/mol. The lowest BCUT2D eigenvalue weighted by Crippen LogP contribution is -2.06. The number of carbonyl (C=O) groups is 2. The van der Waals surface area contributed by atoms with Crippen molar-refractivity contribution in [3.05, 3.63) is 41.7 Å². The van der Waals surface area contributed by atoms with E-state index >= 15 is 0 Å². The van der Waals surface area contributed by atoms with Crippen LogP contribution >= 0.6 is 0 Å². The number of aromatic hydroxyl groups is 1. The molecule has 12 heteroatoms. The summed E-state index contributed by atoms with van der Waals surface area (Å²) in [7, 11) is 0. The summed E-state index contributed by atoms with van der Waals surface area (Å²) >= 11 is 0. The highest BCUT2D eigenvalue weighted by Crippen LogP contribution is 2.21. The first-order chi connectivity index (χ1) is 12.4. The predicted molar refractivity (Wildman–Crippen MR) is 87.0 cm³/mol. The van der Waals surface area contributed by atoms with E-state index in [0.29, 0.717) is 5.69 Å². The van der Waals surface area contributed by atoms with Crippen molar-refractivity contribution in [2.45, 2.75) is 0 Å². The average molecular weight is 357 g/mol. The van der Waals surface area contributed by atoms with Gasteiger partial charge in [-0.1, -0.05) is 0 Å². The van der Waals surface area contributed by atoms with Gasteiger partial charge in [-0.15, -0.1) is 0 Å². The minimum Gasteiger partial charge on any atom is -0.479 e. The lowest BCUT2D eigenvalue weighted by atomic mass is 10.1. The fourth-order valence-corrected chi connectivity index (χ4v) is 2.00. The molecule has 0 saturated carbocycles. The van der Waals surface area contributed by atoms with Gasteiger partial charge in [0, 0.05) is 11.9 Å². The molecule has 0 atom stereocenters. The van der Waals surface area contributed by atoms with Crippen molar-refractivity contribution in [1.82, 2.24) is 25.1 Å². The van der Waals surface area contributed by atoms with Gasteiger partial charge in [0.05, 0.1) is 23.0 Å². The predicted octanol–water partition coefficient (Wildman–Crippen LogP) is 1.18. The molecule has 132 valence electrons. The van der Waals surface area contributed by atoms with Crippen molar-refractivity contribution in [3.63, 3.8) is 0 Å². The number of nitrogens with zero attached hydrogens (tertiary/aromatic N) is 4. The van der Waals surface area contributed by atoms with E-state index in [1.807, 2.05) is 0 Å². The van der Waals surface area contributed by atoms with Crippen LogP contribution in [0.2, 0.25) is 0 Å². The third-order valence-electron chi connectivity index (χ3n) is 3.06. The van der Waals surface area contributed by atoms with Crippen molar-refractivity contribution in [3.8, 4) is 6.01 Å². The van der Waals surface area contributed by atoms with Crippen LogP contribution in [-0.2, 0) is 0 Å². The van der Waals surface area contributed by atoms with Crippen molar-refractivity contribution < 1.29 is 24.9 Å². The fourth-order valence-electron chi connectivity index (χ4n) is 2.00. The summed E-state index contributed by atoms with van der Waals surface area (Å²) in [6.07, 6.45) is 2.99. The summed E-state index contributed by atoms with van der Waals surface area (Å²) < 4.78 is 0. The summed E-state index contributed by atoms with van der Waals surface area (Å²) in [5, 5.41) is 39.5. The average Bonchev–Trinajstić information content (AvgIpc) is 3.06. The first-order valence-electron chi connectivity index (χ1n) is 7.00. The van der Waals surface area contributed by atoms with Crippen LogP contribution in [0, 0.1) is 0 Å². The SMILES string of the molecule is O=C(O)c1cc(Nc2nc(O)nc(Nc3cn[nH]c3)n2)cc(C(=O)O)c1. The molecule has 0 aliphatic rings. The zero-order valence-electron chi connectivity index (χ0n) is 12.8. The first kappa shape index (κ1) is 16.6. The molecular weight excluding hydrogens is 346 g/mol. The van der Waals surface area contributed by atoms with Crippen LogP contribution in [-0.4, -0.2) is 52.4 Å².